The van der Waals surface area contributed by atoms with Gasteiger partial charge in [0.2, 0.25) is 5.91 Å². The fraction of sp³-hybridized carbons (Fsp3) is 0.605. The summed E-state index contributed by atoms with van der Waals surface area (Å²) in [5.74, 6) is -6.37. The summed E-state index contributed by atoms with van der Waals surface area (Å²) >= 11 is 6.46. The summed E-state index contributed by atoms with van der Waals surface area (Å²) in [5, 5.41) is 4.74. The number of hydrogen-bond acceptors (Lipinski definition) is 12. The van der Waals surface area contributed by atoms with Gasteiger partial charge in [-0.3, -0.25) is 19.3 Å². The molecule has 6 atom stereocenters. The molecule has 16 nitrogen and oxygen atoms in total. The number of likely N-dealkylation sites (N-methyl/N-ethyl adjacent to an activating group) is 1. The molecule has 0 radical (unpaired) electrons. The molecule has 3 heterocycles. The van der Waals surface area contributed by atoms with Gasteiger partial charge in [0.25, 0.3) is 0 Å². The predicted octanol–water partition coefficient (Wildman–Crippen LogP) is 5.23. The number of esters is 2. The highest BCUT2D eigenvalue weighted by molar-refractivity contribution is 6.48. The second-order valence-electron chi connectivity index (χ2n) is 19.1. The second kappa shape index (κ2) is 17.1. The first kappa shape index (κ1) is 46.7. The highest BCUT2D eigenvalue weighted by Crippen LogP contribution is 2.65. The highest BCUT2D eigenvalue weighted by atomic mass is 35.5. The number of carbonyl (C=O) groups excluding carboxylic acids is 6. The van der Waals surface area contributed by atoms with Gasteiger partial charge in [0, 0.05) is 19.6 Å². The monoisotopic (exact) mass is 883 g/mol. The van der Waals surface area contributed by atoms with E-state index in [1.165, 1.54) is 12.0 Å². The summed E-state index contributed by atoms with van der Waals surface area (Å²) in [6, 6.07) is 2.43. The fourth-order valence-corrected chi connectivity index (χ4v) is 9.28. The van der Waals surface area contributed by atoms with E-state index in [9.17, 15) is 28.8 Å². The minimum Gasteiger partial charge on any atom is -0.496 e. The van der Waals surface area contributed by atoms with E-state index < -0.39 is 93.8 Å². The first-order valence-electron chi connectivity index (χ1n) is 20.8. The molecule has 19 heteroatoms. The number of pyridine rings is 1. The van der Waals surface area contributed by atoms with Crippen molar-refractivity contribution in [2.24, 2.45) is 17.3 Å². The third kappa shape index (κ3) is 9.14. The molecule has 5 amide bonds. The van der Waals surface area contributed by atoms with E-state index in [1.54, 1.807) is 66.7 Å². The van der Waals surface area contributed by atoms with E-state index in [2.05, 4.69) is 29.5 Å². The predicted molar refractivity (Wildman–Crippen MR) is 224 cm³/mol. The molecule has 5 aliphatic rings. The zero-order valence-corrected chi connectivity index (χ0v) is 37.9. The Morgan fingerprint density at radius 2 is 1.63 bits per heavy atom. The van der Waals surface area contributed by atoms with Crippen LogP contribution in [0.2, 0.25) is 5.15 Å². The van der Waals surface area contributed by atoms with Gasteiger partial charge in [-0.1, -0.05) is 37.6 Å². The van der Waals surface area contributed by atoms with Crippen LogP contribution in [0, 0.1) is 23.1 Å². The van der Waals surface area contributed by atoms with E-state index >= 15 is 4.39 Å². The van der Waals surface area contributed by atoms with E-state index in [0.717, 1.165) is 12.5 Å². The number of hydrogen-bond donors (Lipinski definition) is 2. The zero-order valence-electron chi connectivity index (χ0n) is 37.1. The average Bonchev–Trinajstić information content (AvgIpc) is 3.54. The van der Waals surface area contributed by atoms with Gasteiger partial charge < -0.3 is 39.1 Å². The molecule has 2 N–H and O–H groups in total. The van der Waals surface area contributed by atoms with Crippen molar-refractivity contribution in [1.82, 2.24) is 25.4 Å². The normalized spacial score (nSPS) is 24.1. The number of nitrogens with one attached hydrogen (secondary N) is 2. The third-order valence-corrected chi connectivity index (χ3v) is 12.6. The van der Waals surface area contributed by atoms with Crippen molar-refractivity contribution < 1.29 is 56.7 Å². The molecule has 3 aliphatic carbocycles. The van der Waals surface area contributed by atoms with Gasteiger partial charge in [-0.25, -0.2) is 23.8 Å². The minimum absolute atomic E-state index is 0.0234. The summed E-state index contributed by atoms with van der Waals surface area (Å²) in [6.07, 6.45) is 1.24. The van der Waals surface area contributed by atoms with Gasteiger partial charge in [0.1, 0.15) is 39.2 Å². The molecule has 2 aromatic rings. The topological polar surface area (TPSA) is 192 Å². The molecular formula is C43H56BClFN5O11. The number of imide groups is 1. The number of rotatable bonds is 11. The van der Waals surface area contributed by atoms with E-state index in [4.69, 9.17) is 35.1 Å². The van der Waals surface area contributed by atoms with E-state index in [0.29, 0.717) is 22.8 Å². The molecule has 1 unspecified atom stereocenters. The minimum atomic E-state index is -2.01. The maximum Gasteiger partial charge on any atom is 0.482 e. The number of urea groups is 1. The van der Waals surface area contributed by atoms with Crippen LogP contribution < -0.4 is 15.4 Å². The second-order valence-corrected chi connectivity index (χ2v) is 19.4. The lowest BCUT2D eigenvalue weighted by atomic mass is 9.43. The standard InChI is InChI=1S/C43H56BClFN5O11/c1-12-50-16-17-51(36(54)35(50)53)39(57)49-31(30-26(46)21-25(33(45)48-30)38(56)60-41(5,6)7)34(52)47-29(44-61-28-20-23-19-27(42(23,8)9)43(28,10)62-44)18-22-14-13-15-24(32(22)58-11)37(55)59-40(2,3)4/h13-15,21,23,27-29,31H,12,16-20H2,1-11H3,(H,47,52)(H,49,57)/t23-,27-,28+,29-,31?,43-/m0/s1. The van der Waals surface area contributed by atoms with Crippen molar-refractivity contribution in [2.75, 3.05) is 26.7 Å². The Hall–Kier alpha value is -4.81. The van der Waals surface area contributed by atoms with Gasteiger partial charge in [-0.05, 0) is 110 Å². The van der Waals surface area contributed by atoms with Crippen molar-refractivity contribution in [2.45, 2.75) is 123 Å². The molecule has 7 rings (SSSR count). The van der Waals surface area contributed by atoms with Crippen molar-refractivity contribution >= 4 is 54.4 Å². The number of amides is 5. The Morgan fingerprint density at radius 1 is 0.984 bits per heavy atom. The molecule has 2 saturated heterocycles. The van der Waals surface area contributed by atoms with Crippen LogP contribution in [0.15, 0.2) is 24.3 Å². The number of carbonyl (C=O) groups is 6. The lowest BCUT2D eigenvalue weighted by molar-refractivity contribution is -0.199. The first-order chi connectivity index (χ1) is 28.8. The lowest BCUT2D eigenvalue weighted by Gasteiger charge is -2.64. The largest absolute Gasteiger partial charge is 0.496 e. The smallest absolute Gasteiger partial charge is 0.482 e. The van der Waals surface area contributed by atoms with Gasteiger partial charge in [0.05, 0.1) is 30.3 Å². The molecule has 0 spiro atoms. The number of benzene rings is 1. The molecule has 62 heavy (non-hydrogen) atoms. The van der Waals surface area contributed by atoms with Crippen LogP contribution in [0.3, 0.4) is 0 Å². The quantitative estimate of drug-likeness (QED) is 0.130. The number of para-hydroxylation sites is 1. The van der Waals surface area contributed by atoms with Gasteiger partial charge in [-0.2, -0.15) is 0 Å². The number of piperazine rings is 1. The molecule has 1 aromatic heterocycles. The highest BCUT2D eigenvalue weighted by Gasteiger charge is 2.68. The molecule has 2 bridgehead atoms. The molecule has 3 saturated carbocycles. The van der Waals surface area contributed by atoms with Crippen LogP contribution in [0.25, 0.3) is 0 Å². The number of ether oxygens (including phenoxy) is 3. The van der Waals surface area contributed by atoms with Crippen LogP contribution >= 0.6 is 11.6 Å². The van der Waals surface area contributed by atoms with E-state index in [1.807, 2.05) is 6.92 Å². The first-order valence-corrected chi connectivity index (χ1v) is 21.2. The van der Waals surface area contributed by atoms with Crippen molar-refractivity contribution in [3.05, 3.63) is 57.6 Å². The zero-order chi connectivity index (χ0) is 45.9. The van der Waals surface area contributed by atoms with Crippen LogP contribution in [-0.2, 0) is 39.6 Å². The van der Waals surface area contributed by atoms with Crippen LogP contribution in [-0.4, -0.2) is 113 Å². The van der Waals surface area contributed by atoms with Gasteiger partial charge in [0.15, 0.2) is 6.04 Å². The van der Waals surface area contributed by atoms with Gasteiger partial charge in [-0.15, -0.1) is 0 Å². The van der Waals surface area contributed by atoms with E-state index in [-0.39, 0.29) is 54.8 Å². The SMILES string of the molecule is CCN1CCN(C(=O)NC(C(=O)N[C@@H](Cc2cccc(C(=O)OC(C)(C)C)c2OC)B2O[C@@H]3C[C@@H]4C[C@@H](C4(C)C)[C@]3(C)O2)c2nc(Cl)c(C(=O)OC(C)(C)C)cc2F)C(=O)C1=O. The molecular weight excluding hydrogens is 828 g/mol. The fourth-order valence-electron chi connectivity index (χ4n) is 9.06. The Bertz CT molecular complexity index is 2160. The third-order valence-electron chi connectivity index (χ3n) is 12.3. The van der Waals surface area contributed by atoms with Crippen LogP contribution in [0.1, 0.15) is 120 Å². The van der Waals surface area contributed by atoms with Crippen molar-refractivity contribution in [3.63, 3.8) is 0 Å². The Morgan fingerprint density at radius 3 is 2.23 bits per heavy atom. The van der Waals surface area contributed by atoms with Crippen LogP contribution in [0.5, 0.6) is 5.75 Å². The number of nitrogens with zero attached hydrogens (tertiary/aromatic N) is 3. The maximum atomic E-state index is 16.3. The van der Waals surface area contributed by atoms with Crippen LogP contribution in [0.4, 0.5) is 9.18 Å². The summed E-state index contributed by atoms with van der Waals surface area (Å²) in [7, 11) is 0.290. The summed E-state index contributed by atoms with van der Waals surface area (Å²) in [5.41, 5.74) is -3.14. The number of aromatic nitrogens is 1. The molecule has 336 valence electrons. The summed E-state index contributed by atoms with van der Waals surface area (Å²) in [6.45, 7) is 18.1. The number of halogens is 2. The molecule has 2 aliphatic heterocycles. The Labute approximate surface area is 366 Å². The average molecular weight is 884 g/mol. The Balaban J connectivity index is 1.40. The van der Waals surface area contributed by atoms with Gasteiger partial charge >= 0.3 is 36.9 Å². The molecule has 1 aromatic carbocycles. The maximum absolute atomic E-state index is 16.3. The van der Waals surface area contributed by atoms with Crippen molar-refractivity contribution in [3.8, 4) is 5.75 Å². The molecule has 5 fully saturated rings. The summed E-state index contributed by atoms with van der Waals surface area (Å²) < 4.78 is 46.6. The van der Waals surface area contributed by atoms with Crippen molar-refractivity contribution in [1.29, 1.82) is 0 Å². The summed E-state index contributed by atoms with van der Waals surface area (Å²) in [4.78, 5) is 86.9. The Kier molecular flexibility index (Phi) is 12.8. The lowest BCUT2D eigenvalue weighted by Crippen LogP contribution is -2.65. The number of methoxy groups -OCH3 is 1.